The first kappa shape index (κ1) is 15.9. The smallest absolute Gasteiger partial charge is 0.244 e. The molecule has 2 aromatic rings. The molecule has 0 bridgehead atoms. The van der Waals surface area contributed by atoms with Crippen LogP contribution in [-0.2, 0) is 4.79 Å². The van der Waals surface area contributed by atoms with Crippen molar-refractivity contribution in [3.63, 3.8) is 0 Å². The fraction of sp³-hybridized carbons (Fsp3) is 0.211. The highest BCUT2D eigenvalue weighted by Gasteiger charge is 2.12. The maximum atomic E-state index is 11.8. The molecule has 3 rings (SSSR count). The van der Waals surface area contributed by atoms with Crippen LogP contribution in [0.25, 0.3) is 6.08 Å². The van der Waals surface area contributed by atoms with E-state index in [1.165, 1.54) is 6.08 Å². The van der Waals surface area contributed by atoms with Gasteiger partial charge in [-0.2, -0.15) is 0 Å². The van der Waals surface area contributed by atoms with E-state index < -0.39 is 0 Å². The van der Waals surface area contributed by atoms with Crippen LogP contribution in [0.5, 0.6) is 17.2 Å². The average Bonchev–Trinajstić information content (AvgIpc) is 3.06. The molecular weight excluding hydrogens is 306 g/mol. The number of ether oxygens (including phenoxy) is 3. The topological polar surface area (TPSA) is 56.8 Å². The van der Waals surface area contributed by atoms with Gasteiger partial charge in [-0.25, -0.2) is 0 Å². The number of para-hydroxylation sites is 1. The maximum Gasteiger partial charge on any atom is 0.244 e. The van der Waals surface area contributed by atoms with Gasteiger partial charge in [-0.3, -0.25) is 4.79 Å². The lowest BCUT2D eigenvalue weighted by atomic mass is 10.2. The number of hydrogen-bond donors (Lipinski definition) is 1. The number of nitrogens with one attached hydrogen (secondary N) is 1. The Morgan fingerprint density at radius 2 is 2.04 bits per heavy atom. The molecule has 1 aliphatic rings. The van der Waals surface area contributed by atoms with E-state index in [1.54, 1.807) is 6.08 Å². The maximum absolute atomic E-state index is 11.8. The highest BCUT2D eigenvalue weighted by atomic mass is 16.7. The predicted octanol–water partition coefficient (Wildman–Crippen LogP) is 2.93. The van der Waals surface area contributed by atoms with Crippen molar-refractivity contribution in [3.05, 3.63) is 59.7 Å². The Morgan fingerprint density at radius 3 is 2.92 bits per heavy atom. The Hall–Kier alpha value is -2.95. The fourth-order valence-corrected chi connectivity index (χ4v) is 2.30. The molecule has 5 heteroatoms. The Bertz CT molecular complexity index is 755. The van der Waals surface area contributed by atoms with Gasteiger partial charge in [-0.05, 0) is 42.3 Å². The second-order valence-electron chi connectivity index (χ2n) is 5.35. The highest BCUT2D eigenvalue weighted by Crippen LogP contribution is 2.32. The van der Waals surface area contributed by atoms with Crippen LogP contribution >= 0.6 is 0 Å². The molecule has 0 atom stereocenters. The van der Waals surface area contributed by atoms with Crippen LogP contribution in [0.1, 0.15) is 11.1 Å². The van der Waals surface area contributed by atoms with Crippen molar-refractivity contribution in [3.8, 4) is 17.2 Å². The summed E-state index contributed by atoms with van der Waals surface area (Å²) in [5.41, 5.74) is 1.96. The van der Waals surface area contributed by atoms with Crippen molar-refractivity contribution in [2.24, 2.45) is 0 Å². The quantitative estimate of drug-likeness (QED) is 0.655. The molecule has 0 saturated heterocycles. The molecule has 1 heterocycles. The molecule has 0 radical (unpaired) electrons. The standard InChI is InChI=1S/C19H19NO4/c1-14-4-2-3-5-16(14)22-11-10-20-19(21)9-7-15-6-8-17-18(12-15)24-13-23-17/h2-9,12H,10-11,13H2,1H3,(H,20,21)/b9-7+. The molecule has 0 fully saturated rings. The summed E-state index contributed by atoms with van der Waals surface area (Å²) in [6, 6.07) is 13.3. The van der Waals surface area contributed by atoms with E-state index in [-0.39, 0.29) is 12.7 Å². The van der Waals surface area contributed by atoms with E-state index in [1.807, 2.05) is 49.4 Å². The van der Waals surface area contributed by atoms with Gasteiger partial charge in [0, 0.05) is 6.08 Å². The normalized spacial score (nSPS) is 12.4. The largest absolute Gasteiger partial charge is 0.491 e. The van der Waals surface area contributed by atoms with Gasteiger partial charge in [0.25, 0.3) is 0 Å². The van der Waals surface area contributed by atoms with Crippen LogP contribution in [0.15, 0.2) is 48.5 Å². The van der Waals surface area contributed by atoms with Gasteiger partial charge in [0.2, 0.25) is 12.7 Å². The Morgan fingerprint density at radius 1 is 1.21 bits per heavy atom. The van der Waals surface area contributed by atoms with Crippen LogP contribution in [0.2, 0.25) is 0 Å². The molecule has 124 valence electrons. The van der Waals surface area contributed by atoms with Crippen molar-refractivity contribution in [1.82, 2.24) is 5.32 Å². The minimum Gasteiger partial charge on any atom is -0.491 e. The molecule has 0 saturated carbocycles. The number of carbonyl (C=O) groups is 1. The van der Waals surface area contributed by atoms with Gasteiger partial charge in [0.1, 0.15) is 12.4 Å². The lowest BCUT2D eigenvalue weighted by Crippen LogP contribution is -2.26. The van der Waals surface area contributed by atoms with Crippen molar-refractivity contribution in [2.75, 3.05) is 19.9 Å². The number of fused-ring (bicyclic) bond motifs is 1. The third-order valence-electron chi connectivity index (χ3n) is 3.58. The average molecular weight is 325 g/mol. The van der Waals surface area contributed by atoms with E-state index in [0.29, 0.717) is 18.9 Å². The van der Waals surface area contributed by atoms with E-state index in [2.05, 4.69) is 5.32 Å². The molecule has 2 aromatic carbocycles. The Balaban J connectivity index is 1.43. The summed E-state index contributed by atoms with van der Waals surface area (Å²) in [6.07, 6.45) is 3.23. The first-order valence-electron chi connectivity index (χ1n) is 7.76. The van der Waals surface area contributed by atoms with Crippen LogP contribution in [0.4, 0.5) is 0 Å². The highest BCUT2D eigenvalue weighted by molar-refractivity contribution is 5.91. The molecule has 0 aromatic heterocycles. The lowest BCUT2D eigenvalue weighted by Gasteiger charge is -2.08. The lowest BCUT2D eigenvalue weighted by molar-refractivity contribution is -0.116. The Kier molecular flexibility index (Phi) is 5.01. The number of hydrogen-bond acceptors (Lipinski definition) is 4. The van der Waals surface area contributed by atoms with E-state index >= 15 is 0 Å². The van der Waals surface area contributed by atoms with E-state index in [4.69, 9.17) is 14.2 Å². The van der Waals surface area contributed by atoms with Crippen molar-refractivity contribution >= 4 is 12.0 Å². The molecule has 24 heavy (non-hydrogen) atoms. The predicted molar refractivity (Wildman–Crippen MR) is 91.3 cm³/mol. The second-order valence-corrected chi connectivity index (χ2v) is 5.35. The SMILES string of the molecule is Cc1ccccc1OCCNC(=O)/C=C/c1ccc2c(c1)OCO2. The second kappa shape index (κ2) is 7.55. The Labute approximate surface area is 140 Å². The van der Waals surface area contributed by atoms with Gasteiger partial charge < -0.3 is 19.5 Å². The fourth-order valence-electron chi connectivity index (χ4n) is 2.30. The zero-order valence-electron chi connectivity index (χ0n) is 13.5. The molecule has 5 nitrogen and oxygen atoms in total. The van der Waals surface area contributed by atoms with Crippen LogP contribution in [-0.4, -0.2) is 25.9 Å². The van der Waals surface area contributed by atoms with Crippen LogP contribution < -0.4 is 19.5 Å². The summed E-state index contributed by atoms with van der Waals surface area (Å²) in [5.74, 6) is 2.10. The molecule has 1 amide bonds. The minimum atomic E-state index is -0.166. The zero-order valence-corrected chi connectivity index (χ0v) is 13.5. The van der Waals surface area contributed by atoms with Gasteiger partial charge in [-0.1, -0.05) is 24.3 Å². The molecule has 1 aliphatic heterocycles. The molecular formula is C19H19NO4. The van der Waals surface area contributed by atoms with Gasteiger partial charge in [0.15, 0.2) is 11.5 Å². The number of amides is 1. The molecule has 0 unspecified atom stereocenters. The molecule has 0 aliphatic carbocycles. The monoisotopic (exact) mass is 325 g/mol. The molecule has 1 N–H and O–H groups in total. The van der Waals surface area contributed by atoms with Crippen LogP contribution in [0, 0.1) is 6.92 Å². The van der Waals surface area contributed by atoms with E-state index in [9.17, 15) is 4.79 Å². The summed E-state index contributed by atoms with van der Waals surface area (Å²) in [6.45, 7) is 3.10. The van der Waals surface area contributed by atoms with Crippen molar-refractivity contribution in [2.45, 2.75) is 6.92 Å². The van der Waals surface area contributed by atoms with E-state index in [0.717, 1.165) is 22.6 Å². The third-order valence-corrected chi connectivity index (χ3v) is 3.58. The van der Waals surface area contributed by atoms with Crippen LogP contribution in [0.3, 0.4) is 0 Å². The summed E-state index contributed by atoms with van der Waals surface area (Å²) in [7, 11) is 0. The summed E-state index contributed by atoms with van der Waals surface area (Å²) in [4.78, 5) is 11.8. The number of benzene rings is 2. The number of carbonyl (C=O) groups excluding carboxylic acids is 1. The summed E-state index contributed by atoms with van der Waals surface area (Å²) >= 11 is 0. The third kappa shape index (κ3) is 4.07. The van der Waals surface area contributed by atoms with Crippen molar-refractivity contribution in [1.29, 1.82) is 0 Å². The number of aryl methyl sites for hydroxylation is 1. The van der Waals surface area contributed by atoms with Gasteiger partial charge in [-0.15, -0.1) is 0 Å². The number of rotatable bonds is 6. The van der Waals surface area contributed by atoms with Crippen molar-refractivity contribution < 1.29 is 19.0 Å². The zero-order chi connectivity index (χ0) is 16.8. The van der Waals surface area contributed by atoms with Gasteiger partial charge in [0.05, 0.1) is 6.54 Å². The summed E-state index contributed by atoms with van der Waals surface area (Å²) in [5, 5.41) is 2.79. The minimum absolute atomic E-state index is 0.166. The molecule has 0 spiro atoms. The van der Waals surface area contributed by atoms with Gasteiger partial charge >= 0.3 is 0 Å². The first-order chi connectivity index (χ1) is 11.7. The first-order valence-corrected chi connectivity index (χ1v) is 7.76. The summed E-state index contributed by atoms with van der Waals surface area (Å²) < 4.78 is 16.2.